The number of hydrogen-bond acceptors (Lipinski definition) is 5. The summed E-state index contributed by atoms with van der Waals surface area (Å²) in [5, 5.41) is 3.01. The van der Waals surface area contributed by atoms with E-state index in [0.717, 1.165) is 37.7 Å². The Morgan fingerprint density at radius 2 is 1.92 bits per heavy atom. The van der Waals surface area contributed by atoms with Crippen molar-refractivity contribution in [1.82, 2.24) is 10.2 Å². The molecule has 1 atom stereocenters. The van der Waals surface area contributed by atoms with Crippen molar-refractivity contribution in [2.24, 2.45) is 0 Å². The van der Waals surface area contributed by atoms with E-state index in [4.69, 9.17) is 9.15 Å². The minimum absolute atomic E-state index is 0.0680. The summed E-state index contributed by atoms with van der Waals surface area (Å²) in [7, 11) is 1.68. The van der Waals surface area contributed by atoms with Crippen LogP contribution in [-0.2, 0) is 4.79 Å². The zero-order valence-corrected chi connectivity index (χ0v) is 15.5. The molecule has 0 aliphatic carbocycles. The van der Waals surface area contributed by atoms with Crippen molar-refractivity contribution >= 4 is 11.6 Å². The Kier molecular flexibility index (Phi) is 6.17. The van der Waals surface area contributed by atoms with E-state index in [1.807, 2.05) is 31.2 Å². The van der Waals surface area contributed by atoms with Crippen LogP contribution in [0.15, 0.2) is 47.1 Å². The topological polar surface area (TPSA) is 58.0 Å². The van der Waals surface area contributed by atoms with E-state index in [1.165, 1.54) is 5.69 Å². The molecular weight excluding hydrogens is 330 g/mol. The lowest BCUT2D eigenvalue weighted by atomic mass is 10.1. The summed E-state index contributed by atoms with van der Waals surface area (Å²) >= 11 is 0. The van der Waals surface area contributed by atoms with Gasteiger partial charge in [0, 0.05) is 44.8 Å². The van der Waals surface area contributed by atoms with Gasteiger partial charge in [-0.1, -0.05) is 6.92 Å². The van der Waals surface area contributed by atoms with E-state index >= 15 is 0 Å². The molecule has 2 aromatic rings. The average molecular weight is 357 g/mol. The molecule has 6 nitrogen and oxygen atoms in total. The van der Waals surface area contributed by atoms with Gasteiger partial charge in [-0.15, -0.1) is 0 Å². The molecule has 0 spiro atoms. The molecule has 26 heavy (non-hydrogen) atoms. The molecule has 0 saturated carbocycles. The number of nitrogens with one attached hydrogen (secondary N) is 1. The third-order valence-corrected chi connectivity index (χ3v) is 4.88. The number of amides is 1. The highest BCUT2D eigenvalue weighted by molar-refractivity contribution is 5.75. The van der Waals surface area contributed by atoms with Gasteiger partial charge in [0.15, 0.2) is 0 Å². The quantitative estimate of drug-likeness (QED) is 0.826. The standard InChI is InChI=1S/C20H27N3O3/c1-3-20(24)21-15-18(19-5-4-14-26-19)23-12-10-22(11-13-23)16-6-8-17(25-2)9-7-16/h4-9,14,18H,3,10-13,15H2,1-2H3,(H,21,24)/t18-/m0/s1. The molecule has 2 heterocycles. The van der Waals surface area contributed by atoms with Gasteiger partial charge in [-0.05, 0) is 36.4 Å². The van der Waals surface area contributed by atoms with Crippen LogP contribution < -0.4 is 15.0 Å². The molecule has 6 heteroatoms. The van der Waals surface area contributed by atoms with Crippen molar-refractivity contribution in [2.75, 3.05) is 44.7 Å². The van der Waals surface area contributed by atoms with Crippen molar-refractivity contribution in [1.29, 1.82) is 0 Å². The maximum absolute atomic E-state index is 11.7. The first-order chi connectivity index (χ1) is 12.7. The molecule has 0 bridgehead atoms. The number of ether oxygens (including phenoxy) is 1. The lowest BCUT2D eigenvalue weighted by Crippen LogP contribution is -2.49. The molecule has 1 N–H and O–H groups in total. The summed E-state index contributed by atoms with van der Waals surface area (Å²) in [6.45, 7) is 6.14. The van der Waals surface area contributed by atoms with Gasteiger partial charge >= 0.3 is 0 Å². The van der Waals surface area contributed by atoms with Crippen molar-refractivity contribution in [3.05, 3.63) is 48.4 Å². The smallest absolute Gasteiger partial charge is 0.219 e. The number of hydrogen-bond donors (Lipinski definition) is 1. The van der Waals surface area contributed by atoms with Crippen molar-refractivity contribution < 1.29 is 13.9 Å². The second kappa shape index (κ2) is 8.76. The molecular formula is C20H27N3O3. The van der Waals surface area contributed by atoms with Crippen LogP contribution in [0.5, 0.6) is 5.75 Å². The summed E-state index contributed by atoms with van der Waals surface area (Å²) in [6.07, 6.45) is 2.19. The fourth-order valence-electron chi connectivity index (χ4n) is 3.31. The third-order valence-electron chi connectivity index (χ3n) is 4.88. The lowest BCUT2D eigenvalue weighted by molar-refractivity contribution is -0.121. The van der Waals surface area contributed by atoms with Gasteiger partial charge in [-0.3, -0.25) is 9.69 Å². The van der Waals surface area contributed by atoms with E-state index in [2.05, 4.69) is 27.2 Å². The minimum Gasteiger partial charge on any atom is -0.497 e. The van der Waals surface area contributed by atoms with E-state index in [0.29, 0.717) is 13.0 Å². The highest BCUT2D eigenvalue weighted by Crippen LogP contribution is 2.25. The number of carbonyl (C=O) groups excluding carboxylic acids is 1. The molecule has 0 radical (unpaired) electrons. The second-order valence-corrected chi connectivity index (χ2v) is 6.41. The van der Waals surface area contributed by atoms with Gasteiger partial charge in [0.1, 0.15) is 11.5 Å². The van der Waals surface area contributed by atoms with Crippen LogP contribution in [0.3, 0.4) is 0 Å². The van der Waals surface area contributed by atoms with Gasteiger partial charge in [0.05, 0.1) is 19.4 Å². The minimum atomic E-state index is 0.0680. The number of benzene rings is 1. The Balaban J connectivity index is 1.62. The molecule has 3 rings (SSSR count). The molecule has 1 aliphatic rings. The van der Waals surface area contributed by atoms with E-state index < -0.39 is 0 Å². The number of nitrogens with zero attached hydrogens (tertiary/aromatic N) is 2. The summed E-state index contributed by atoms with van der Waals surface area (Å²) in [5.41, 5.74) is 1.21. The fraction of sp³-hybridized carbons (Fsp3) is 0.450. The number of anilines is 1. The normalized spacial score (nSPS) is 16.3. The highest BCUT2D eigenvalue weighted by Gasteiger charge is 2.27. The van der Waals surface area contributed by atoms with Gasteiger partial charge in [-0.25, -0.2) is 0 Å². The highest BCUT2D eigenvalue weighted by atomic mass is 16.5. The van der Waals surface area contributed by atoms with Crippen molar-refractivity contribution in [3.8, 4) is 5.75 Å². The first kappa shape index (κ1) is 18.3. The van der Waals surface area contributed by atoms with Gasteiger partial charge in [0.25, 0.3) is 0 Å². The number of furan rings is 1. The summed E-state index contributed by atoms with van der Waals surface area (Å²) in [5.74, 6) is 1.84. The van der Waals surface area contributed by atoms with Crippen LogP contribution in [0.1, 0.15) is 25.1 Å². The van der Waals surface area contributed by atoms with Crippen LogP contribution >= 0.6 is 0 Å². The van der Waals surface area contributed by atoms with E-state index in [1.54, 1.807) is 13.4 Å². The largest absolute Gasteiger partial charge is 0.497 e. The maximum atomic E-state index is 11.7. The molecule has 1 aromatic heterocycles. The Morgan fingerprint density at radius 1 is 1.19 bits per heavy atom. The predicted molar refractivity (Wildman–Crippen MR) is 102 cm³/mol. The average Bonchev–Trinajstić information content (AvgIpc) is 3.23. The third kappa shape index (κ3) is 4.38. The van der Waals surface area contributed by atoms with E-state index in [9.17, 15) is 4.79 Å². The Bertz CT molecular complexity index is 677. The second-order valence-electron chi connectivity index (χ2n) is 6.41. The van der Waals surface area contributed by atoms with Crippen LogP contribution in [0.25, 0.3) is 0 Å². The lowest BCUT2D eigenvalue weighted by Gasteiger charge is -2.39. The Morgan fingerprint density at radius 3 is 2.50 bits per heavy atom. The Labute approximate surface area is 154 Å². The fourth-order valence-corrected chi connectivity index (χ4v) is 3.31. The summed E-state index contributed by atoms with van der Waals surface area (Å²) in [6, 6.07) is 12.1. The molecule has 140 valence electrons. The van der Waals surface area contributed by atoms with E-state index in [-0.39, 0.29) is 11.9 Å². The molecule has 1 fully saturated rings. The van der Waals surface area contributed by atoms with Gasteiger partial charge in [-0.2, -0.15) is 0 Å². The number of methoxy groups -OCH3 is 1. The SMILES string of the molecule is CCC(=O)NC[C@@H](c1ccco1)N1CCN(c2ccc(OC)cc2)CC1. The predicted octanol–water partition coefficient (Wildman–Crippen LogP) is 2.68. The van der Waals surface area contributed by atoms with Gasteiger partial charge in [0.2, 0.25) is 5.91 Å². The first-order valence-corrected chi connectivity index (χ1v) is 9.14. The summed E-state index contributed by atoms with van der Waals surface area (Å²) < 4.78 is 10.9. The van der Waals surface area contributed by atoms with Crippen LogP contribution in [0, 0.1) is 0 Å². The first-order valence-electron chi connectivity index (χ1n) is 9.14. The van der Waals surface area contributed by atoms with Crippen LogP contribution in [0.2, 0.25) is 0 Å². The Hall–Kier alpha value is -2.47. The number of rotatable bonds is 7. The molecule has 1 aromatic carbocycles. The summed E-state index contributed by atoms with van der Waals surface area (Å²) in [4.78, 5) is 16.4. The molecule has 1 aliphatic heterocycles. The van der Waals surface area contributed by atoms with Crippen LogP contribution in [0.4, 0.5) is 5.69 Å². The van der Waals surface area contributed by atoms with Gasteiger partial charge < -0.3 is 19.4 Å². The number of piperazine rings is 1. The maximum Gasteiger partial charge on any atom is 0.219 e. The number of carbonyl (C=O) groups is 1. The van der Waals surface area contributed by atoms with Crippen LogP contribution in [-0.4, -0.2) is 50.6 Å². The molecule has 1 saturated heterocycles. The molecule has 1 amide bonds. The van der Waals surface area contributed by atoms with Crippen molar-refractivity contribution in [2.45, 2.75) is 19.4 Å². The zero-order valence-electron chi connectivity index (χ0n) is 15.5. The zero-order chi connectivity index (χ0) is 18.4. The molecule has 0 unspecified atom stereocenters. The van der Waals surface area contributed by atoms with Crippen molar-refractivity contribution in [3.63, 3.8) is 0 Å². The monoisotopic (exact) mass is 357 g/mol.